The van der Waals surface area contributed by atoms with Crippen molar-refractivity contribution in [3.8, 4) is 0 Å². The molecule has 0 saturated carbocycles. The lowest BCUT2D eigenvalue weighted by Crippen LogP contribution is -2.15. The molecule has 0 aliphatic heterocycles. The molecule has 2 heterocycles. The lowest BCUT2D eigenvalue weighted by Gasteiger charge is -2.07. The largest absolute Gasteiger partial charge is 0.321 e. The number of pyridine rings is 1. The van der Waals surface area contributed by atoms with Crippen LogP contribution >= 0.6 is 0 Å². The number of rotatable bonds is 5. The van der Waals surface area contributed by atoms with Crippen molar-refractivity contribution < 1.29 is 14.5 Å². The van der Waals surface area contributed by atoms with Crippen LogP contribution in [0.1, 0.15) is 20.8 Å². The Morgan fingerprint density at radius 3 is 2.60 bits per heavy atom. The summed E-state index contributed by atoms with van der Waals surface area (Å²) in [6.07, 6.45) is 1.56. The molecule has 3 N–H and O–H groups in total. The smallest absolute Gasteiger partial charge is 0.276 e. The summed E-state index contributed by atoms with van der Waals surface area (Å²) in [6.45, 7) is 0. The van der Waals surface area contributed by atoms with E-state index in [1.807, 2.05) is 0 Å². The molecule has 0 fully saturated rings. The highest BCUT2D eigenvalue weighted by Gasteiger charge is 2.18. The van der Waals surface area contributed by atoms with Crippen molar-refractivity contribution in [3.05, 3.63) is 88.2 Å². The van der Waals surface area contributed by atoms with Gasteiger partial charge in [-0.25, -0.2) is 4.98 Å². The molecule has 0 atom stereocenters. The van der Waals surface area contributed by atoms with Crippen molar-refractivity contribution in [1.82, 2.24) is 15.2 Å². The summed E-state index contributed by atoms with van der Waals surface area (Å²) in [7, 11) is 0. The second kappa shape index (κ2) is 7.80. The molecule has 0 bridgehead atoms. The summed E-state index contributed by atoms with van der Waals surface area (Å²) in [4.78, 5) is 39.6. The van der Waals surface area contributed by atoms with Crippen molar-refractivity contribution in [2.45, 2.75) is 0 Å². The molecular formula is C20H14N6O4. The summed E-state index contributed by atoms with van der Waals surface area (Å²) in [5, 5.41) is 23.3. The molecule has 10 nitrogen and oxygen atoms in total. The number of amides is 2. The SMILES string of the molecule is O=C(Nc1ccccn1)c1cccc(NC(=O)c2n[nH]c3ccc([N+](=O)[O-])cc23)c1. The zero-order chi connectivity index (χ0) is 21.1. The van der Waals surface area contributed by atoms with E-state index in [1.54, 1.807) is 42.6 Å². The highest BCUT2D eigenvalue weighted by Crippen LogP contribution is 2.23. The van der Waals surface area contributed by atoms with Crippen LogP contribution in [0.4, 0.5) is 17.2 Å². The number of aromatic amines is 1. The van der Waals surface area contributed by atoms with E-state index in [2.05, 4.69) is 25.8 Å². The van der Waals surface area contributed by atoms with Crippen LogP contribution in [0.5, 0.6) is 0 Å². The number of nitrogens with one attached hydrogen (secondary N) is 3. The molecule has 2 aromatic carbocycles. The Balaban J connectivity index is 1.55. The summed E-state index contributed by atoms with van der Waals surface area (Å²) in [6, 6.07) is 15.6. The van der Waals surface area contributed by atoms with E-state index < -0.39 is 10.8 Å². The molecule has 0 unspecified atom stereocenters. The molecule has 0 aliphatic rings. The number of fused-ring (bicyclic) bond motifs is 1. The van der Waals surface area contributed by atoms with Crippen molar-refractivity contribution in [2.24, 2.45) is 0 Å². The number of nitro benzene ring substituents is 1. The number of benzene rings is 2. The van der Waals surface area contributed by atoms with E-state index in [1.165, 1.54) is 24.3 Å². The van der Waals surface area contributed by atoms with Gasteiger partial charge in [-0.3, -0.25) is 24.8 Å². The van der Waals surface area contributed by atoms with Crippen LogP contribution in [0, 0.1) is 10.1 Å². The summed E-state index contributed by atoms with van der Waals surface area (Å²) in [5.41, 5.74) is 1.05. The molecule has 30 heavy (non-hydrogen) atoms. The number of hydrogen-bond acceptors (Lipinski definition) is 6. The number of H-pyrrole nitrogens is 1. The third kappa shape index (κ3) is 3.83. The lowest BCUT2D eigenvalue weighted by atomic mass is 10.1. The number of anilines is 2. The van der Waals surface area contributed by atoms with Gasteiger partial charge in [-0.15, -0.1) is 0 Å². The Hall–Kier alpha value is -4.60. The summed E-state index contributed by atoms with van der Waals surface area (Å²) in [5.74, 6) is -0.545. The molecule has 0 spiro atoms. The standard InChI is InChI=1S/C20H14N6O4/c27-19(23-17-6-1-2-9-21-17)12-4-3-5-13(10-12)22-20(28)18-15-11-14(26(29)30)7-8-16(15)24-25-18/h1-11H,(H,22,28)(H,24,25)(H,21,23,27). The quantitative estimate of drug-likeness (QED) is 0.345. The van der Waals surface area contributed by atoms with Crippen LogP contribution in [0.3, 0.4) is 0 Å². The molecule has 0 saturated heterocycles. The van der Waals surface area contributed by atoms with Gasteiger partial charge in [0, 0.05) is 35.0 Å². The van der Waals surface area contributed by atoms with E-state index in [0.717, 1.165) is 0 Å². The highest BCUT2D eigenvalue weighted by atomic mass is 16.6. The first-order chi connectivity index (χ1) is 14.5. The van der Waals surface area contributed by atoms with Gasteiger partial charge in [0.2, 0.25) is 0 Å². The molecule has 0 radical (unpaired) electrons. The minimum atomic E-state index is -0.566. The van der Waals surface area contributed by atoms with Gasteiger partial charge in [0.15, 0.2) is 5.69 Å². The van der Waals surface area contributed by atoms with Crippen molar-refractivity contribution in [3.63, 3.8) is 0 Å². The Morgan fingerprint density at radius 1 is 0.967 bits per heavy atom. The zero-order valence-corrected chi connectivity index (χ0v) is 15.3. The van der Waals surface area contributed by atoms with E-state index in [9.17, 15) is 19.7 Å². The Kier molecular flexibility index (Phi) is 4.87. The molecule has 148 valence electrons. The Labute approximate surface area is 169 Å². The number of nitro groups is 1. The van der Waals surface area contributed by atoms with Gasteiger partial charge < -0.3 is 10.6 Å². The fraction of sp³-hybridized carbons (Fsp3) is 0. The van der Waals surface area contributed by atoms with Gasteiger partial charge in [-0.05, 0) is 36.4 Å². The van der Waals surface area contributed by atoms with Crippen molar-refractivity contribution in [1.29, 1.82) is 0 Å². The number of hydrogen-bond donors (Lipinski definition) is 3. The fourth-order valence-corrected chi connectivity index (χ4v) is 2.84. The summed E-state index contributed by atoms with van der Waals surface area (Å²) < 4.78 is 0. The average Bonchev–Trinajstić information content (AvgIpc) is 3.18. The van der Waals surface area contributed by atoms with Gasteiger partial charge in [0.1, 0.15) is 5.82 Å². The third-order valence-electron chi connectivity index (χ3n) is 4.26. The minimum Gasteiger partial charge on any atom is -0.321 e. The van der Waals surface area contributed by atoms with Gasteiger partial charge in [-0.2, -0.15) is 5.10 Å². The number of carbonyl (C=O) groups is 2. The Morgan fingerprint density at radius 2 is 1.83 bits per heavy atom. The highest BCUT2D eigenvalue weighted by molar-refractivity contribution is 6.12. The van der Waals surface area contributed by atoms with Crippen LogP contribution in [0.15, 0.2) is 66.9 Å². The predicted octanol–water partition coefficient (Wildman–Crippen LogP) is 3.37. The molecular weight excluding hydrogens is 388 g/mol. The number of carbonyl (C=O) groups excluding carboxylic acids is 2. The van der Waals surface area contributed by atoms with Gasteiger partial charge in [0.25, 0.3) is 17.5 Å². The molecule has 2 amide bonds. The van der Waals surface area contributed by atoms with Crippen molar-refractivity contribution in [2.75, 3.05) is 10.6 Å². The van der Waals surface area contributed by atoms with Gasteiger partial charge in [-0.1, -0.05) is 12.1 Å². The van der Waals surface area contributed by atoms with E-state index in [-0.39, 0.29) is 17.3 Å². The van der Waals surface area contributed by atoms with E-state index in [0.29, 0.717) is 28.0 Å². The fourth-order valence-electron chi connectivity index (χ4n) is 2.84. The first-order valence-corrected chi connectivity index (χ1v) is 8.77. The van der Waals surface area contributed by atoms with Crippen molar-refractivity contribution >= 4 is 39.9 Å². The van der Waals surface area contributed by atoms with Crippen LogP contribution in [0.25, 0.3) is 10.9 Å². The van der Waals surface area contributed by atoms with Gasteiger partial charge >= 0.3 is 0 Å². The molecule has 2 aromatic heterocycles. The first kappa shape index (κ1) is 18.7. The second-order valence-corrected chi connectivity index (χ2v) is 6.26. The third-order valence-corrected chi connectivity index (χ3v) is 4.26. The summed E-state index contributed by atoms with van der Waals surface area (Å²) >= 11 is 0. The molecule has 4 rings (SSSR count). The number of aromatic nitrogens is 3. The maximum atomic E-state index is 12.7. The normalized spacial score (nSPS) is 10.5. The lowest BCUT2D eigenvalue weighted by molar-refractivity contribution is -0.384. The molecule has 0 aliphatic carbocycles. The molecule has 10 heteroatoms. The number of nitrogens with zero attached hydrogens (tertiary/aromatic N) is 3. The number of non-ortho nitro benzene ring substituents is 1. The molecule has 4 aromatic rings. The monoisotopic (exact) mass is 402 g/mol. The van der Waals surface area contributed by atoms with Crippen LogP contribution in [-0.2, 0) is 0 Å². The Bertz CT molecular complexity index is 1270. The van der Waals surface area contributed by atoms with E-state index in [4.69, 9.17) is 0 Å². The first-order valence-electron chi connectivity index (χ1n) is 8.77. The maximum absolute atomic E-state index is 12.7. The second-order valence-electron chi connectivity index (χ2n) is 6.26. The van der Waals surface area contributed by atoms with E-state index >= 15 is 0 Å². The van der Waals surface area contributed by atoms with Crippen LogP contribution < -0.4 is 10.6 Å². The van der Waals surface area contributed by atoms with Gasteiger partial charge in [0.05, 0.1) is 10.4 Å². The minimum absolute atomic E-state index is 0.0111. The zero-order valence-electron chi connectivity index (χ0n) is 15.3. The average molecular weight is 402 g/mol. The maximum Gasteiger partial charge on any atom is 0.276 e. The van der Waals surface area contributed by atoms with Crippen LogP contribution in [-0.4, -0.2) is 31.9 Å². The van der Waals surface area contributed by atoms with Crippen LogP contribution in [0.2, 0.25) is 0 Å². The topological polar surface area (TPSA) is 143 Å². The predicted molar refractivity (Wildman–Crippen MR) is 109 cm³/mol.